The Bertz CT molecular complexity index is 571. The van der Waals surface area contributed by atoms with Gasteiger partial charge in [0, 0.05) is 32.3 Å². The molecule has 108 valence electrons. The van der Waals surface area contributed by atoms with Crippen LogP contribution in [0.25, 0.3) is 10.8 Å². The zero-order valence-electron chi connectivity index (χ0n) is 12.7. The standard InChI is InChI=1S/C16H23N3O/c1-12(11-20-4)19(3)16-15-8-6-5-7-14(15)13(9-17-2)10-18-16/h5-8,10,12,17H,9,11H2,1-4H3. The second-order valence-corrected chi connectivity index (χ2v) is 5.10. The summed E-state index contributed by atoms with van der Waals surface area (Å²) >= 11 is 0. The first-order valence-electron chi connectivity index (χ1n) is 6.92. The summed E-state index contributed by atoms with van der Waals surface area (Å²) in [6, 6.07) is 8.70. The second kappa shape index (κ2) is 6.68. The number of ether oxygens (including phenoxy) is 1. The van der Waals surface area contributed by atoms with Gasteiger partial charge in [-0.25, -0.2) is 4.98 Å². The summed E-state index contributed by atoms with van der Waals surface area (Å²) in [5.74, 6) is 1.00. The van der Waals surface area contributed by atoms with Gasteiger partial charge in [0.05, 0.1) is 12.6 Å². The number of methoxy groups -OCH3 is 1. The topological polar surface area (TPSA) is 37.4 Å². The maximum Gasteiger partial charge on any atom is 0.136 e. The van der Waals surface area contributed by atoms with Gasteiger partial charge in [-0.2, -0.15) is 0 Å². The smallest absolute Gasteiger partial charge is 0.136 e. The van der Waals surface area contributed by atoms with Gasteiger partial charge in [0.25, 0.3) is 0 Å². The van der Waals surface area contributed by atoms with Crippen molar-refractivity contribution in [2.75, 3.05) is 32.7 Å². The lowest BCUT2D eigenvalue weighted by atomic mass is 10.1. The molecule has 0 aliphatic rings. The summed E-state index contributed by atoms with van der Waals surface area (Å²) in [7, 11) is 5.75. The van der Waals surface area contributed by atoms with Crippen LogP contribution in [-0.2, 0) is 11.3 Å². The zero-order valence-corrected chi connectivity index (χ0v) is 12.7. The Morgan fingerprint density at radius 3 is 2.65 bits per heavy atom. The van der Waals surface area contributed by atoms with Crippen molar-refractivity contribution in [3.05, 3.63) is 36.0 Å². The number of hydrogen-bond donors (Lipinski definition) is 1. The Labute approximate surface area is 120 Å². The average molecular weight is 273 g/mol. The third-order valence-corrected chi connectivity index (χ3v) is 3.63. The molecule has 4 nitrogen and oxygen atoms in total. The van der Waals surface area contributed by atoms with E-state index in [9.17, 15) is 0 Å². The molecule has 1 aromatic heterocycles. The number of aromatic nitrogens is 1. The minimum atomic E-state index is 0.283. The number of rotatable bonds is 6. The molecule has 20 heavy (non-hydrogen) atoms. The van der Waals surface area contributed by atoms with Crippen LogP contribution in [0.4, 0.5) is 5.82 Å². The van der Waals surface area contributed by atoms with E-state index >= 15 is 0 Å². The van der Waals surface area contributed by atoms with Crippen molar-refractivity contribution in [2.24, 2.45) is 0 Å². The SMILES string of the molecule is CNCc1cnc(N(C)C(C)COC)c2ccccc12. The Morgan fingerprint density at radius 1 is 1.30 bits per heavy atom. The van der Waals surface area contributed by atoms with Gasteiger partial charge in [-0.05, 0) is 24.9 Å². The number of nitrogens with one attached hydrogen (secondary N) is 1. The summed E-state index contributed by atoms with van der Waals surface area (Å²) in [5.41, 5.74) is 1.22. The van der Waals surface area contributed by atoms with Gasteiger partial charge in [-0.3, -0.25) is 0 Å². The van der Waals surface area contributed by atoms with Gasteiger partial charge in [0.2, 0.25) is 0 Å². The van der Waals surface area contributed by atoms with E-state index in [2.05, 4.69) is 53.4 Å². The molecule has 0 aliphatic heterocycles. The van der Waals surface area contributed by atoms with Crippen LogP contribution < -0.4 is 10.2 Å². The largest absolute Gasteiger partial charge is 0.383 e. The highest BCUT2D eigenvalue weighted by atomic mass is 16.5. The highest BCUT2D eigenvalue weighted by molar-refractivity contribution is 5.94. The molecule has 0 bridgehead atoms. The molecule has 0 spiro atoms. The van der Waals surface area contributed by atoms with E-state index in [0.29, 0.717) is 6.61 Å². The minimum absolute atomic E-state index is 0.283. The molecule has 1 unspecified atom stereocenters. The van der Waals surface area contributed by atoms with Crippen molar-refractivity contribution in [1.82, 2.24) is 10.3 Å². The molecule has 1 aromatic carbocycles. The molecular formula is C16H23N3O. The number of hydrogen-bond acceptors (Lipinski definition) is 4. The fourth-order valence-electron chi connectivity index (χ4n) is 2.41. The van der Waals surface area contributed by atoms with Crippen LogP contribution in [0.3, 0.4) is 0 Å². The lowest BCUT2D eigenvalue weighted by Gasteiger charge is -2.27. The average Bonchev–Trinajstić information content (AvgIpc) is 2.47. The van der Waals surface area contributed by atoms with Gasteiger partial charge < -0.3 is 15.0 Å². The van der Waals surface area contributed by atoms with Crippen LogP contribution >= 0.6 is 0 Å². The van der Waals surface area contributed by atoms with Gasteiger partial charge in [-0.15, -0.1) is 0 Å². The Balaban J connectivity index is 2.47. The molecular weight excluding hydrogens is 250 g/mol. The van der Waals surface area contributed by atoms with E-state index in [1.165, 1.54) is 16.3 Å². The number of fused-ring (bicyclic) bond motifs is 1. The molecule has 1 N–H and O–H groups in total. The van der Waals surface area contributed by atoms with Crippen molar-refractivity contribution in [2.45, 2.75) is 19.5 Å². The maximum atomic E-state index is 5.24. The summed E-state index contributed by atoms with van der Waals surface area (Å²) in [6.07, 6.45) is 1.96. The predicted octanol–water partition coefficient (Wildman–Crippen LogP) is 2.43. The number of pyridine rings is 1. The third-order valence-electron chi connectivity index (χ3n) is 3.63. The molecule has 0 amide bonds. The summed E-state index contributed by atoms with van der Waals surface area (Å²) in [6.45, 7) is 3.65. The fourth-order valence-corrected chi connectivity index (χ4v) is 2.41. The van der Waals surface area contributed by atoms with E-state index in [1.54, 1.807) is 7.11 Å². The normalized spacial score (nSPS) is 12.6. The van der Waals surface area contributed by atoms with Gasteiger partial charge >= 0.3 is 0 Å². The van der Waals surface area contributed by atoms with Gasteiger partial charge in [0.1, 0.15) is 5.82 Å². The van der Waals surface area contributed by atoms with Crippen LogP contribution in [0.15, 0.2) is 30.5 Å². The highest BCUT2D eigenvalue weighted by Crippen LogP contribution is 2.27. The Kier molecular flexibility index (Phi) is 4.93. The van der Waals surface area contributed by atoms with Crippen LogP contribution in [0.1, 0.15) is 12.5 Å². The molecule has 0 saturated heterocycles. The van der Waals surface area contributed by atoms with Crippen molar-refractivity contribution in [1.29, 1.82) is 0 Å². The van der Waals surface area contributed by atoms with Crippen molar-refractivity contribution in [3.63, 3.8) is 0 Å². The second-order valence-electron chi connectivity index (χ2n) is 5.10. The minimum Gasteiger partial charge on any atom is -0.383 e. The van der Waals surface area contributed by atoms with Crippen LogP contribution in [0.2, 0.25) is 0 Å². The van der Waals surface area contributed by atoms with Crippen molar-refractivity contribution >= 4 is 16.6 Å². The van der Waals surface area contributed by atoms with E-state index in [0.717, 1.165) is 12.4 Å². The monoisotopic (exact) mass is 273 g/mol. The van der Waals surface area contributed by atoms with E-state index < -0.39 is 0 Å². The van der Waals surface area contributed by atoms with E-state index in [4.69, 9.17) is 4.74 Å². The highest BCUT2D eigenvalue weighted by Gasteiger charge is 2.15. The summed E-state index contributed by atoms with van der Waals surface area (Å²) in [5, 5.41) is 5.63. The first kappa shape index (κ1) is 14.8. The predicted molar refractivity (Wildman–Crippen MR) is 84.2 cm³/mol. The summed E-state index contributed by atoms with van der Waals surface area (Å²) < 4.78 is 5.24. The molecule has 0 aliphatic carbocycles. The van der Waals surface area contributed by atoms with Crippen LogP contribution in [0.5, 0.6) is 0 Å². The Morgan fingerprint density at radius 2 is 2.00 bits per heavy atom. The third kappa shape index (κ3) is 2.92. The molecule has 2 rings (SSSR count). The molecule has 1 atom stereocenters. The van der Waals surface area contributed by atoms with E-state index in [1.807, 2.05) is 13.2 Å². The molecule has 0 saturated carbocycles. The molecule has 1 heterocycles. The molecule has 4 heteroatoms. The lowest BCUT2D eigenvalue weighted by Crippen LogP contribution is -2.33. The quantitative estimate of drug-likeness (QED) is 0.877. The first-order chi connectivity index (χ1) is 9.69. The molecule has 0 fully saturated rings. The molecule has 0 radical (unpaired) electrons. The first-order valence-corrected chi connectivity index (χ1v) is 6.92. The summed E-state index contributed by atoms with van der Waals surface area (Å²) in [4.78, 5) is 6.83. The number of likely N-dealkylation sites (N-methyl/N-ethyl adjacent to an activating group) is 1. The Hall–Kier alpha value is -1.65. The maximum absolute atomic E-state index is 5.24. The number of nitrogens with zero attached hydrogens (tertiary/aromatic N) is 2. The van der Waals surface area contributed by atoms with Gasteiger partial charge in [-0.1, -0.05) is 24.3 Å². The number of benzene rings is 1. The number of anilines is 1. The zero-order chi connectivity index (χ0) is 14.5. The fraction of sp³-hybridized carbons (Fsp3) is 0.438. The van der Waals surface area contributed by atoms with Crippen LogP contribution in [0, 0.1) is 0 Å². The lowest BCUT2D eigenvalue weighted by molar-refractivity contribution is 0.183. The van der Waals surface area contributed by atoms with Crippen molar-refractivity contribution < 1.29 is 4.74 Å². The van der Waals surface area contributed by atoms with E-state index in [-0.39, 0.29) is 6.04 Å². The molecule has 2 aromatic rings. The van der Waals surface area contributed by atoms with Crippen molar-refractivity contribution in [3.8, 4) is 0 Å². The van der Waals surface area contributed by atoms with Crippen LogP contribution in [-0.4, -0.2) is 38.8 Å². The van der Waals surface area contributed by atoms with Gasteiger partial charge in [0.15, 0.2) is 0 Å².